The summed E-state index contributed by atoms with van der Waals surface area (Å²) in [6.07, 6.45) is -0.664. The summed E-state index contributed by atoms with van der Waals surface area (Å²) in [6.45, 7) is 2.00. The highest BCUT2D eigenvalue weighted by Crippen LogP contribution is 2.30. The van der Waals surface area contributed by atoms with Crippen molar-refractivity contribution in [1.29, 1.82) is 0 Å². The zero-order valence-electron chi connectivity index (χ0n) is 9.32. The van der Waals surface area contributed by atoms with E-state index in [1.165, 1.54) is 0 Å². The Morgan fingerprint density at radius 3 is 2.65 bits per heavy atom. The highest BCUT2D eigenvalue weighted by molar-refractivity contribution is 9.10. The normalized spacial score (nSPS) is 12.5. The Kier molecular flexibility index (Phi) is 3.87. The lowest BCUT2D eigenvalue weighted by atomic mass is 10.0. The van der Waals surface area contributed by atoms with Crippen molar-refractivity contribution in [2.75, 3.05) is 0 Å². The van der Waals surface area contributed by atoms with E-state index in [1.807, 2.05) is 37.3 Å². The zero-order chi connectivity index (χ0) is 12.4. The Morgan fingerprint density at radius 2 is 1.94 bits per heavy atom. The minimum atomic E-state index is -0.664. The van der Waals surface area contributed by atoms with E-state index in [1.54, 1.807) is 12.1 Å². The van der Waals surface area contributed by atoms with Gasteiger partial charge in [-0.15, -0.1) is 0 Å². The van der Waals surface area contributed by atoms with E-state index >= 15 is 0 Å². The molecule has 0 heterocycles. The molecule has 0 saturated heterocycles. The minimum Gasteiger partial charge on any atom is -0.384 e. The van der Waals surface area contributed by atoms with E-state index in [0.29, 0.717) is 5.02 Å². The molecule has 1 unspecified atom stereocenters. The SMILES string of the molecule is Cc1cccc(C(O)c2cc(Cl)ccc2Br)c1. The molecule has 1 nitrogen and oxygen atoms in total. The Hall–Kier alpha value is -0.830. The van der Waals surface area contributed by atoms with Gasteiger partial charge in [0.05, 0.1) is 0 Å². The van der Waals surface area contributed by atoms with Crippen molar-refractivity contribution in [3.8, 4) is 0 Å². The highest BCUT2D eigenvalue weighted by atomic mass is 79.9. The number of rotatable bonds is 2. The van der Waals surface area contributed by atoms with Crippen LogP contribution in [0.2, 0.25) is 5.02 Å². The fraction of sp³-hybridized carbons (Fsp3) is 0.143. The molecule has 0 aliphatic heterocycles. The number of hydrogen-bond acceptors (Lipinski definition) is 1. The van der Waals surface area contributed by atoms with E-state index in [4.69, 9.17) is 11.6 Å². The summed E-state index contributed by atoms with van der Waals surface area (Å²) in [5.74, 6) is 0. The highest BCUT2D eigenvalue weighted by Gasteiger charge is 2.14. The Labute approximate surface area is 114 Å². The molecule has 0 aliphatic carbocycles. The second-order valence-corrected chi connectivity index (χ2v) is 5.27. The van der Waals surface area contributed by atoms with Gasteiger partial charge >= 0.3 is 0 Å². The van der Waals surface area contributed by atoms with Crippen LogP contribution >= 0.6 is 27.5 Å². The molecule has 0 radical (unpaired) electrons. The van der Waals surface area contributed by atoms with Gasteiger partial charge in [0.15, 0.2) is 0 Å². The van der Waals surface area contributed by atoms with Crippen molar-refractivity contribution in [3.63, 3.8) is 0 Å². The van der Waals surface area contributed by atoms with Gasteiger partial charge in [-0.25, -0.2) is 0 Å². The molecule has 0 spiro atoms. The van der Waals surface area contributed by atoms with Crippen LogP contribution in [0.1, 0.15) is 22.8 Å². The van der Waals surface area contributed by atoms with Crippen molar-refractivity contribution in [1.82, 2.24) is 0 Å². The predicted octanol–water partition coefficient (Wildman–Crippen LogP) is 4.49. The molecule has 0 fully saturated rings. The van der Waals surface area contributed by atoms with Gasteiger partial charge in [-0.1, -0.05) is 57.4 Å². The summed E-state index contributed by atoms with van der Waals surface area (Å²) in [7, 11) is 0. The second kappa shape index (κ2) is 5.21. The van der Waals surface area contributed by atoms with Crippen molar-refractivity contribution >= 4 is 27.5 Å². The first-order valence-electron chi connectivity index (χ1n) is 5.27. The Bertz CT molecular complexity index is 539. The summed E-state index contributed by atoms with van der Waals surface area (Å²) in [5, 5.41) is 11.0. The van der Waals surface area contributed by atoms with E-state index in [0.717, 1.165) is 21.2 Å². The smallest absolute Gasteiger partial charge is 0.105 e. The summed E-state index contributed by atoms with van der Waals surface area (Å²) in [5.41, 5.74) is 2.77. The van der Waals surface area contributed by atoms with Crippen LogP contribution in [-0.4, -0.2) is 5.11 Å². The first kappa shape index (κ1) is 12.6. The maximum absolute atomic E-state index is 10.3. The average Bonchev–Trinajstić information content (AvgIpc) is 2.31. The number of aryl methyl sites for hydroxylation is 1. The first-order chi connectivity index (χ1) is 8.08. The molecule has 0 aromatic heterocycles. The summed E-state index contributed by atoms with van der Waals surface area (Å²) in [4.78, 5) is 0. The van der Waals surface area contributed by atoms with E-state index < -0.39 is 6.10 Å². The monoisotopic (exact) mass is 310 g/mol. The van der Waals surface area contributed by atoms with Crippen LogP contribution in [0.4, 0.5) is 0 Å². The van der Waals surface area contributed by atoms with Gasteiger partial charge in [-0.3, -0.25) is 0 Å². The third-order valence-corrected chi connectivity index (χ3v) is 3.57. The fourth-order valence-corrected chi connectivity index (χ4v) is 2.39. The molecule has 2 rings (SSSR count). The van der Waals surface area contributed by atoms with Gasteiger partial charge in [0, 0.05) is 15.1 Å². The maximum atomic E-state index is 10.3. The number of benzene rings is 2. The van der Waals surface area contributed by atoms with E-state index in [-0.39, 0.29) is 0 Å². The molecular weight excluding hydrogens is 300 g/mol. The quantitative estimate of drug-likeness (QED) is 0.866. The summed E-state index contributed by atoms with van der Waals surface area (Å²) in [6, 6.07) is 13.2. The molecule has 0 amide bonds. The lowest BCUT2D eigenvalue weighted by Gasteiger charge is -2.14. The predicted molar refractivity (Wildman–Crippen MR) is 74.4 cm³/mol. The molecule has 17 heavy (non-hydrogen) atoms. The molecule has 2 aromatic rings. The van der Waals surface area contributed by atoms with Crippen LogP contribution in [0, 0.1) is 6.92 Å². The largest absolute Gasteiger partial charge is 0.384 e. The molecular formula is C14H12BrClO. The molecule has 0 saturated carbocycles. The summed E-state index contributed by atoms with van der Waals surface area (Å²) < 4.78 is 0.857. The number of aliphatic hydroxyl groups excluding tert-OH is 1. The molecule has 88 valence electrons. The van der Waals surface area contributed by atoms with Crippen molar-refractivity contribution in [2.24, 2.45) is 0 Å². The van der Waals surface area contributed by atoms with Crippen molar-refractivity contribution in [3.05, 3.63) is 68.7 Å². The number of halogens is 2. The molecule has 0 bridgehead atoms. The van der Waals surface area contributed by atoms with Crippen LogP contribution in [0.3, 0.4) is 0 Å². The fourth-order valence-electron chi connectivity index (χ4n) is 1.74. The minimum absolute atomic E-state index is 0.620. The van der Waals surface area contributed by atoms with Crippen LogP contribution in [0.15, 0.2) is 46.9 Å². The van der Waals surface area contributed by atoms with E-state index in [2.05, 4.69) is 15.9 Å². The van der Waals surface area contributed by atoms with Gasteiger partial charge in [0.1, 0.15) is 6.10 Å². The summed E-state index contributed by atoms with van der Waals surface area (Å²) >= 11 is 9.38. The topological polar surface area (TPSA) is 20.2 Å². The molecule has 1 N–H and O–H groups in total. The van der Waals surface area contributed by atoms with Crippen LogP contribution in [0.25, 0.3) is 0 Å². The van der Waals surface area contributed by atoms with E-state index in [9.17, 15) is 5.11 Å². The zero-order valence-corrected chi connectivity index (χ0v) is 11.7. The first-order valence-corrected chi connectivity index (χ1v) is 6.44. The van der Waals surface area contributed by atoms with Gasteiger partial charge in [0.2, 0.25) is 0 Å². The van der Waals surface area contributed by atoms with Gasteiger partial charge in [-0.05, 0) is 30.7 Å². The number of aliphatic hydroxyl groups is 1. The maximum Gasteiger partial charge on any atom is 0.105 e. The third-order valence-electron chi connectivity index (χ3n) is 2.61. The van der Waals surface area contributed by atoms with Gasteiger partial charge < -0.3 is 5.11 Å². The van der Waals surface area contributed by atoms with Gasteiger partial charge in [0.25, 0.3) is 0 Å². The van der Waals surface area contributed by atoms with Crippen LogP contribution in [0.5, 0.6) is 0 Å². The second-order valence-electron chi connectivity index (χ2n) is 3.98. The number of hydrogen-bond donors (Lipinski definition) is 1. The Balaban J connectivity index is 2.43. The molecule has 2 aromatic carbocycles. The standard InChI is InChI=1S/C14H12BrClO/c1-9-3-2-4-10(7-9)14(17)12-8-11(16)5-6-13(12)15/h2-8,14,17H,1H3. The molecule has 1 atom stereocenters. The van der Waals surface area contributed by atoms with Crippen LogP contribution in [-0.2, 0) is 0 Å². The molecule has 0 aliphatic rings. The van der Waals surface area contributed by atoms with Crippen molar-refractivity contribution in [2.45, 2.75) is 13.0 Å². The van der Waals surface area contributed by atoms with Gasteiger partial charge in [-0.2, -0.15) is 0 Å². The molecule has 3 heteroatoms. The third kappa shape index (κ3) is 2.89. The average molecular weight is 312 g/mol. The van der Waals surface area contributed by atoms with Crippen LogP contribution < -0.4 is 0 Å². The Morgan fingerprint density at radius 1 is 1.18 bits per heavy atom. The lowest BCUT2D eigenvalue weighted by molar-refractivity contribution is 0.219. The lowest BCUT2D eigenvalue weighted by Crippen LogP contribution is -2.00. The van der Waals surface area contributed by atoms with Crippen molar-refractivity contribution < 1.29 is 5.11 Å².